The molecule has 0 bridgehead atoms. The minimum atomic E-state index is 0.492. The molecular formula is C12H16N2. The van der Waals surface area contributed by atoms with Gasteiger partial charge in [0.25, 0.3) is 0 Å². The van der Waals surface area contributed by atoms with Crippen molar-refractivity contribution in [3.8, 4) is 0 Å². The first-order valence-electron chi connectivity index (χ1n) is 5.17. The predicted octanol–water partition coefficient (Wildman–Crippen LogP) is 3.18. The zero-order valence-electron chi connectivity index (χ0n) is 8.99. The molecule has 2 rings (SSSR count). The summed E-state index contributed by atoms with van der Waals surface area (Å²) in [4.78, 5) is 4.44. The Kier molecular flexibility index (Phi) is 2.28. The molecule has 0 fully saturated rings. The van der Waals surface area contributed by atoms with Crippen LogP contribution in [0.25, 0.3) is 10.9 Å². The van der Waals surface area contributed by atoms with Gasteiger partial charge in [0, 0.05) is 24.3 Å². The van der Waals surface area contributed by atoms with Crippen molar-refractivity contribution in [1.29, 1.82) is 0 Å². The fourth-order valence-electron chi connectivity index (χ4n) is 1.88. The summed E-state index contributed by atoms with van der Waals surface area (Å²) in [5, 5.41) is 1.30. The van der Waals surface area contributed by atoms with E-state index in [4.69, 9.17) is 0 Å². The Morgan fingerprint density at radius 3 is 2.79 bits per heavy atom. The van der Waals surface area contributed by atoms with E-state index in [1.54, 1.807) is 0 Å². The van der Waals surface area contributed by atoms with Gasteiger partial charge in [-0.1, -0.05) is 13.8 Å². The Hall–Kier alpha value is -1.31. The standard InChI is InChI=1S/C12H16N2/c1-4-14-8-6-10-11(14)5-7-13-12(10)9(2)3/h5-9H,4H2,1-3H3. The third-order valence-corrected chi connectivity index (χ3v) is 2.62. The van der Waals surface area contributed by atoms with E-state index in [2.05, 4.69) is 48.7 Å². The maximum absolute atomic E-state index is 4.44. The molecule has 74 valence electrons. The van der Waals surface area contributed by atoms with Crippen molar-refractivity contribution in [3.05, 3.63) is 30.2 Å². The molecule has 0 aliphatic carbocycles. The van der Waals surface area contributed by atoms with E-state index in [1.807, 2.05) is 6.20 Å². The zero-order valence-corrected chi connectivity index (χ0v) is 8.99. The number of nitrogens with zero attached hydrogens (tertiary/aromatic N) is 2. The van der Waals surface area contributed by atoms with Gasteiger partial charge in [-0.2, -0.15) is 0 Å². The Bertz CT molecular complexity index is 441. The third-order valence-electron chi connectivity index (χ3n) is 2.62. The lowest BCUT2D eigenvalue weighted by Gasteiger charge is -2.06. The fraction of sp³-hybridized carbons (Fsp3) is 0.417. The number of hydrogen-bond donors (Lipinski definition) is 0. The van der Waals surface area contributed by atoms with Crippen LogP contribution in [0, 0.1) is 0 Å². The summed E-state index contributed by atoms with van der Waals surface area (Å²) in [7, 11) is 0. The van der Waals surface area contributed by atoms with Gasteiger partial charge < -0.3 is 4.57 Å². The molecule has 0 atom stereocenters. The van der Waals surface area contributed by atoms with Crippen molar-refractivity contribution >= 4 is 10.9 Å². The number of pyridine rings is 1. The van der Waals surface area contributed by atoms with E-state index < -0.39 is 0 Å². The van der Waals surface area contributed by atoms with Gasteiger partial charge in [-0.3, -0.25) is 4.98 Å². The molecule has 2 heterocycles. The molecule has 0 saturated carbocycles. The van der Waals surface area contributed by atoms with Crippen molar-refractivity contribution in [2.75, 3.05) is 0 Å². The molecule has 2 aromatic heterocycles. The van der Waals surface area contributed by atoms with Crippen LogP contribution in [0.1, 0.15) is 32.4 Å². The van der Waals surface area contributed by atoms with Gasteiger partial charge in [-0.25, -0.2) is 0 Å². The number of rotatable bonds is 2. The summed E-state index contributed by atoms with van der Waals surface area (Å²) in [5.41, 5.74) is 2.50. The van der Waals surface area contributed by atoms with Crippen molar-refractivity contribution < 1.29 is 0 Å². The molecule has 0 aliphatic heterocycles. The van der Waals surface area contributed by atoms with Crippen LogP contribution in [0.2, 0.25) is 0 Å². The van der Waals surface area contributed by atoms with Gasteiger partial charge in [0.1, 0.15) is 0 Å². The lowest BCUT2D eigenvalue weighted by Crippen LogP contribution is -1.95. The summed E-state index contributed by atoms with van der Waals surface area (Å²) in [6.45, 7) is 7.55. The Labute approximate surface area is 84.6 Å². The third kappa shape index (κ3) is 1.31. The Balaban J connectivity index is 2.70. The van der Waals surface area contributed by atoms with Crippen LogP contribution in [0.4, 0.5) is 0 Å². The predicted molar refractivity (Wildman–Crippen MR) is 59.5 cm³/mol. The van der Waals surface area contributed by atoms with Crippen molar-refractivity contribution in [3.63, 3.8) is 0 Å². The van der Waals surface area contributed by atoms with Gasteiger partial charge in [0.15, 0.2) is 0 Å². The maximum atomic E-state index is 4.44. The Morgan fingerprint density at radius 2 is 2.14 bits per heavy atom. The molecule has 0 radical (unpaired) electrons. The highest BCUT2D eigenvalue weighted by Gasteiger charge is 2.08. The lowest BCUT2D eigenvalue weighted by atomic mass is 10.1. The SMILES string of the molecule is CCn1ccc2c(C(C)C)nccc21. The van der Waals surface area contributed by atoms with Crippen LogP contribution < -0.4 is 0 Å². The molecule has 2 nitrogen and oxygen atoms in total. The second kappa shape index (κ2) is 3.45. The Morgan fingerprint density at radius 1 is 1.36 bits per heavy atom. The largest absolute Gasteiger partial charge is 0.348 e. The monoisotopic (exact) mass is 188 g/mol. The fourth-order valence-corrected chi connectivity index (χ4v) is 1.88. The zero-order chi connectivity index (χ0) is 10.1. The number of aromatic nitrogens is 2. The van der Waals surface area contributed by atoms with Crippen molar-refractivity contribution in [1.82, 2.24) is 9.55 Å². The molecule has 0 aliphatic rings. The highest BCUT2D eigenvalue weighted by Crippen LogP contribution is 2.23. The van der Waals surface area contributed by atoms with E-state index in [-0.39, 0.29) is 0 Å². The highest BCUT2D eigenvalue weighted by molar-refractivity contribution is 5.82. The lowest BCUT2D eigenvalue weighted by molar-refractivity contribution is 0.794. The summed E-state index contributed by atoms with van der Waals surface area (Å²) in [6.07, 6.45) is 4.04. The van der Waals surface area contributed by atoms with Crippen LogP contribution in [0.5, 0.6) is 0 Å². The molecule has 0 unspecified atom stereocenters. The quantitative estimate of drug-likeness (QED) is 0.707. The minimum absolute atomic E-state index is 0.492. The van der Waals surface area contributed by atoms with Crippen LogP contribution >= 0.6 is 0 Å². The van der Waals surface area contributed by atoms with E-state index in [0.29, 0.717) is 5.92 Å². The minimum Gasteiger partial charge on any atom is -0.348 e. The molecule has 0 N–H and O–H groups in total. The molecule has 0 aromatic carbocycles. The number of hydrogen-bond acceptors (Lipinski definition) is 1. The summed E-state index contributed by atoms with van der Waals surface area (Å²) in [5.74, 6) is 0.492. The average molecular weight is 188 g/mol. The van der Waals surface area contributed by atoms with Crippen LogP contribution in [-0.2, 0) is 6.54 Å². The van der Waals surface area contributed by atoms with Gasteiger partial charge in [-0.05, 0) is 25.0 Å². The molecule has 0 amide bonds. The van der Waals surface area contributed by atoms with Gasteiger partial charge in [0.2, 0.25) is 0 Å². The van der Waals surface area contributed by atoms with E-state index in [0.717, 1.165) is 6.54 Å². The molecule has 2 aromatic rings. The van der Waals surface area contributed by atoms with Crippen LogP contribution in [0.15, 0.2) is 24.5 Å². The van der Waals surface area contributed by atoms with Gasteiger partial charge in [0.05, 0.1) is 11.2 Å². The second-order valence-corrected chi connectivity index (χ2v) is 3.89. The van der Waals surface area contributed by atoms with E-state index in [9.17, 15) is 0 Å². The number of aryl methyl sites for hydroxylation is 1. The van der Waals surface area contributed by atoms with Crippen LogP contribution in [-0.4, -0.2) is 9.55 Å². The normalized spacial score (nSPS) is 11.4. The average Bonchev–Trinajstić information content (AvgIpc) is 2.59. The smallest absolute Gasteiger partial charge is 0.0522 e. The van der Waals surface area contributed by atoms with E-state index in [1.165, 1.54) is 16.6 Å². The van der Waals surface area contributed by atoms with E-state index >= 15 is 0 Å². The first-order chi connectivity index (χ1) is 6.74. The summed E-state index contributed by atoms with van der Waals surface area (Å²) >= 11 is 0. The van der Waals surface area contributed by atoms with Crippen molar-refractivity contribution in [2.45, 2.75) is 33.2 Å². The second-order valence-electron chi connectivity index (χ2n) is 3.89. The molecule has 0 saturated heterocycles. The topological polar surface area (TPSA) is 17.8 Å². The molecule has 2 heteroatoms. The van der Waals surface area contributed by atoms with Gasteiger partial charge in [-0.15, -0.1) is 0 Å². The summed E-state index contributed by atoms with van der Waals surface area (Å²) in [6, 6.07) is 4.26. The summed E-state index contributed by atoms with van der Waals surface area (Å²) < 4.78 is 2.25. The number of fused-ring (bicyclic) bond motifs is 1. The first-order valence-corrected chi connectivity index (χ1v) is 5.17. The maximum Gasteiger partial charge on any atom is 0.0522 e. The first kappa shape index (κ1) is 9.25. The van der Waals surface area contributed by atoms with Gasteiger partial charge >= 0.3 is 0 Å². The molecule has 14 heavy (non-hydrogen) atoms. The molecular weight excluding hydrogens is 172 g/mol. The van der Waals surface area contributed by atoms with Crippen LogP contribution in [0.3, 0.4) is 0 Å². The highest BCUT2D eigenvalue weighted by atomic mass is 14.9. The van der Waals surface area contributed by atoms with Crippen molar-refractivity contribution in [2.24, 2.45) is 0 Å². The molecule has 0 spiro atoms.